The van der Waals surface area contributed by atoms with E-state index < -0.39 is 0 Å². The van der Waals surface area contributed by atoms with Gasteiger partial charge in [0.25, 0.3) is 0 Å². The molecule has 0 aliphatic carbocycles. The van der Waals surface area contributed by atoms with Crippen molar-refractivity contribution in [3.05, 3.63) is 24.4 Å². The first-order valence-corrected chi connectivity index (χ1v) is 2.72. The monoisotopic (exact) mass is 119 g/mol. The van der Waals surface area contributed by atoms with Gasteiger partial charge < -0.3 is 0 Å². The molecule has 0 aliphatic rings. The zero-order valence-corrected chi connectivity index (χ0v) is 5.20. The standard InChI is InChI=1S/C7H7N2/c1-2-8-7-5-3-4-6-9-7/h3-6H,1H3. The van der Waals surface area contributed by atoms with Crippen LogP contribution in [0.15, 0.2) is 29.4 Å². The summed E-state index contributed by atoms with van der Waals surface area (Å²) in [4.78, 5) is 7.78. The number of aliphatic imine (C=N–C) groups is 1. The van der Waals surface area contributed by atoms with Crippen molar-refractivity contribution < 1.29 is 0 Å². The Hall–Kier alpha value is -1.18. The second-order valence-corrected chi connectivity index (χ2v) is 1.52. The number of aromatic nitrogens is 1. The molecule has 0 aromatic carbocycles. The summed E-state index contributed by atoms with van der Waals surface area (Å²) in [6.07, 6.45) is 4.35. The molecule has 1 heterocycles. The number of pyridine rings is 1. The summed E-state index contributed by atoms with van der Waals surface area (Å²) in [6, 6.07) is 5.58. The fraction of sp³-hybridized carbons (Fsp3) is 0.143. The SMILES string of the molecule is C/[C]=N\c1ccccn1. The van der Waals surface area contributed by atoms with Crippen LogP contribution in [-0.2, 0) is 0 Å². The van der Waals surface area contributed by atoms with Crippen LogP contribution < -0.4 is 0 Å². The minimum atomic E-state index is 0.708. The average molecular weight is 119 g/mol. The first kappa shape index (κ1) is 5.95. The zero-order valence-electron chi connectivity index (χ0n) is 5.20. The third-order valence-electron chi connectivity index (χ3n) is 0.876. The van der Waals surface area contributed by atoms with Crippen molar-refractivity contribution >= 4 is 12.0 Å². The molecule has 0 amide bonds. The lowest BCUT2D eigenvalue weighted by Gasteiger charge is -1.85. The van der Waals surface area contributed by atoms with E-state index in [1.807, 2.05) is 18.2 Å². The maximum absolute atomic E-state index is 3.94. The van der Waals surface area contributed by atoms with Crippen molar-refractivity contribution in [3.8, 4) is 0 Å². The quantitative estimate of drug-likeness (QED) is 0.516. The van der Waals surface area contributed by atoms with Crippen LogP contribution in [0, 0.1) is 0 Å². The second kappa shape index (κ2) is 2.97. The van der Waals surface area contributed by atoms with Crippen LogP contribution in [0.3, 0.4) is 0 Å². The fourth-order valence-electron chi connectivity index (χ4n) is 0.534. The Morgan fingerprint density at radius 1 is 1.56 bits per heavy atom. The van der Waals surface area contributed by atoms with Crippen LogP contribution in [0.5, 0.6) is 0 Å². The summed E-state index contributed by atoms with van der Waals surface area (Å²) in [5.74, 6) is 0.708. The van der Waals surface area contributed by atoms with Gasteiger partial charge in [-0.25, -0.2) is 9.98 Å². The summed E-state index contributed by atoms with van der Waals surface area (Å²) >= 11 is 0. The number of rotatable bonds is 1. The van der Waals surface area contributed by atoms with Crippen LogP contribution in [0.1, 0.15) is 6.92 Å². The highest BCUT2D eigenvalue weighted by atomic mass is 14.9. The van der Waals surface area contributed by atoms with Gasteiger partial charge in [-0.3, -0.25) is 0 Å². The van der Waals surface area contributed by atoms with Gasteiger partial charge in [-0.05, 0) is 19.1 Å². The molecular formula is C7H7N2. The van der Waals surface area contributed by atoms with E-state index in [-0.39, 0.29) is 0 Å². The van der Waals surface area contributed by atoms with E-state index in [0.29, 0.717) is 5.82 Å². The largest absolute Gasteiger partial charge is 0.237 e. The molecule has 1 rings (SSSR count). The molecule has 0 aliphatic heterocycles. The van der Waals surface area contributed by atoms with Crippen molar-refractivity contribution in [2.24, 2.45) is 4.99 Å². The molecule has 0 fully saturated rings. The Labute approximate surface area is 54.3 Å². The van der Waals surface area contributed by atoms with E-state index in [0.717, 1.165) is 0 Å². The van der Waals surface area contributed by atoms with Gasteiger partial charge in [-0.1, -0.05) is 6.07 Å². The van der Waals surface area contributed by atoms with E-state index >= 15 is 0 Å². The normalized spacial score (nSPS) is 10.3. The first-order chi connectivity index (χ1) is 4.43. The van der Waals surface area contributed by atoms with Gasteiger partial charge in [0, 0.05) is 6.20 Å². The predicted molar refractivity (Wildman–Crippen MR) is 37.0 cm³/mol. The lowest BCUT2D eigenvalue weighted by molar-refractivity contribution is 1.28. The molecule has 1 aromatic heterocycles. The van der Waals surface area contributed by atoms with Gasteiger partial charge in [0.2, 0.25) is 0 Å². The van der Waals surface area contributed by atoms with Gasteiger partial charge in [-0.15, -0.1) is 0 Å². The molecule has 0 spiro atoms. The Morgan fingerprint density at radius 2 is 2.44 bits per heavy atom. The van der Waals surface area contributed by atoms with E-state index in [1.165, 1.54) is 0 Å². The van der Waals surface area contributed by atoms with E-state index in [4.69, 9.17) is 0 Å². The summed E-state index contributed by atoms with van der Waals surface area (Å²) in [7, 11) is 0. The number of hydrogen-bond acceptors (Lipinski definition) is 2. The summed E-state index contributed by atoms with van der Waals surface area (Å²) in [6.45, 7) is 1.74. The molecule has 1 radical (unpaired) electrons. The Kier molecular flexibility index (Phi) is 1.96. The van der Waals surface area contributed by atoms with Crippen molar-refractivity contribution in [1.29, 1.82) is 0 Å². The van der Waals surface area contributed by atoms with E-state index in [2.05, 4.69) is 16.2 Å². The zero-order chi connectivity index (χ0) is 6.53. The number of nitrogens with zero attached hydrogens (tertiary/aromatic N) is 2. The maximum atomic E-state index is 3.94. The van der Waals surface area contributed by atoms with E-state index in [9.17, 15) is 0 Å². The molecule has 0 saturated heterocycles. The highest BCUT2D eigenvalue weighted by Gasteiger charge is 1.80. The third-order valence-corrected chi connectivity index (χ3v) is 0.876. The molecule has 0 unspecified atom stereocenters. The molecule has 0 saturated carbocycles. The van der Waals surface area contributed by atoms with Crippen molar-refractivity contribution in [2.45, 2.75) is 6.92 Å². The van der Waals surface area contributed by atoms with Crippen LogP contribution in [0.4, 0.5) is 5.82 Å². The van der Waals surface area contributed by atoms with Gasteiger partial charge in [0.15, 0.2) is 5.82 Å². The van der Waals surface area contributed by atoms with Crippen molar-refractivity contribution in [2.75, 3.05) is 0 Å². The van der Waals surface area contributed by atoms with Gasteiger partial charge in [0.1, 0.15) is 0 Å². The Morgan fingerprint density at radius 3 is 3.00 bits per heavy atom. The maximum Gasteiger partial charge on any atom is 0.152 e. The van der Waals surface area contributed by atoms with Crippen LogP contribution in [0.25, 0.3) is 0 Å². The second-order valence-electron chi connectivity index (χ2n) is 1.52. The average Bonchev–Trinajstić information content (AvgIpc) is 1.91. The Bertz CT molecular complexity index is 191. The molecule has 0 N–H and O–H groups in total. The Balaban J connectivity index is 2.85. The fourth-order valence-corrected chi connectivity index (χ4v) is 0.534. The molecule has 2 nitrogen and oxygen atoms in total. The van der Waals surface area contributed by atoms with Crippen LogP contribution in [-0.4, -0.2) is 11.2 Å². The lowest BCUT2D eigenvalue weighted by atomic mass is 10.5. The van der Waals surface area contributed by atoms with E-state index in [1.54, 1.807) is 13.1 Å². The molecule has 0 bridgehead atoms. The minimum Gasteiger partial charge on any atom is -0.237 e. The van der Waals surface area contributed by atoms with Crippen molar-refractivity contribution in [1.82, 2.24) is 4.98 Å². The number of hydrogen-bond donors (Lipinski definition) is 0. The highest BCUT2D eigenvalue weighted by molar-refractivity contribution is 5.58. The molecule has 1 aromatic rings. The molecule has 45 valence electrons. The summed E-state index contributed by atoms with van der Waals surface area (Å²) in [5.41, 5.74) is 0. The summed E-state index contributed by atoms with van der Waals surface area (Å²) < 4.78 is 0. The predicted octanol–water partition coefficient (Wildman–Crippen LogP) is 1.68. The first-order valence-electron chi connectivity index (χ1n) is 2.72. The topological polar surface area (TPSA) is 25.2 Å². The van der Waals surface area contributed by atoms with Gasteiger partial charge in [-0.2, -0.15) is 0 Å². The molecule has 9 heavy (non-hydrogen) atoms. The smallest absolute Gasteiger partial charge is 0.152 e. The molecular weight excluding hydrogens is 112 g/mol. The van der Waals surface area contributed by atoms with Crippen molar-refractivity contribution in [3.63, 3.8) is 0 Å². The lowest BCUT2D eigenvalue weighted by Crippen LogP contribution is -1.69. The highest BCUT2D eigenvalue weighted by Crippen LogP contribution is 2.02. The minimum absolute atomic E-state index is 0.708. The van der Waals surface area contributed by atoms with Crippen LogP contribution >= 0.6 is 0 Å². The molecule has 0 atom stereocenters. The van der Waals surface area contributed by atoms with Gasteiger partial charge in [0.05, 0.1) is 6.21 Å². The van der Waals surface area contributed by atoms with Crippen LogP contribution in [0.2, 0.25) is 0 Å². The summed E-state index contributed by atoms with van der Waals surface area (Å²) in [5, 5.41) is 0. The third kappa shape index (κ3) is 1.64. The van der Waals surface area contributed by atoms with Gasteiger partial charge >= 0.3 is 0 Å². The molecule has 2 heteroatoms.